The van der Waals surface area contributed by atoms with E-state index in [9.17, 15) is 4.39 Å². The molecule has 1 aromatic rings. The zero-order valence-corrected chi connectivity index (χ0v) is 10.7. The Morgan fingerprint density at radius 1 is 1.35 bits per heavy atom. The Hall–Kier alpha value is -0.580. The maximum atomic E-state index is 12.8. The maximum absolute atomic E-state index is 12.8. The molecule has 1 aliphatic heterocycles. The molecule has 0 amide bonds. The van der Waals surface area contributed by atoms with Crippen LogP contribution in [-0.4, -0.2) is 17.0 Å². The van der Waals surface area contributed by atoms with Crippen molar-refractivity contribution in [2.75, 3.05) is 5.75 Å². The molecule has 0 spiro atoms. The minimum absolute atomic E-state index is 0.182. The van der Waals surface area contributed by atoms with E-state index in [1.165, 1.54) is 37.1 Å². The lowest BCUT2D eigenvalue weighted by atomic mass is 10.00. The normalized spacial score (nSPS) is 22.4. The van der Waals surface area contributed by atoms with Gasteiger partial charge in [0.25, 0.3) is 0 Å². The summed E-state index contributed by atoms with van der Waals surface area (Å²) >= 11 is 2.00. The average molecular weight is 254 g/mol. The molecule has 1 fully saturated rings. The summed E-state index contributed by atoms with van der Waals surface area (Å²) in [4.78, 5) is 0. The highest BCUT2D eigenvalue weighted by Gasteiger charge is 2.23. The Labute approximate surface area is 106 Å². The number of nitrogens with two attached hydrogens (primary N) is 1. The standard InChI is InChI=1S/C13H19FN2S/c14-11-6-4-10(5-7-11)9-12(16-15)13-3-1-2-8-17-13/h4-7,12-13,16H,1-3,8-9,15H2. The number of rotatable bonds is 4. The SMILES string of the molecule is NNC(Cc1ccc(F)cc1)C1CCCCS1. The Morgan fingerprint density at radius 3 is 2.71 bits per heavy atom. The minimum atomic E-state index is -0.182. The third-order valence-corrected chi connectivity index (χ3v) is 4.76. The van der Waals surface area contributed by atoms with Gasteiger partial charge in [0.15, 0.2) is 0 Å². The van der Waals surface area contributed by atoms with Crippen molar-refractivity contribution in [3.63, 3.8) is 0 Å². The predicted molar refractivity (Wildman–Crippen MR) is 71.3 cm³/mol. The van der Waals surface area contributed by atoms with E-state index in [0.717, 1.165) is 12.0 Å². The van der Waals surface area contributed by atoms with E-state index in [1.54, 1.807) is 0 Å². The van der Waals surface area contributed by atoms with Gasteiger partial charge in [-0.05, 0) is 42.7 Å². The first-order chi connectivity index (χ1) is 8.29. The second kappa shape index (κ2) is 6.38. The van der Waals surface area contributed by atoms with Crippen molar-refractivity contribution >= 4 is 11.8 Å². The van der Waals surface area contributed by atoms with E-state index in [2.05, 4.69) is 5.43 Å². The number of halogens is 1. The van der Waals surface area contributed by atoms with Crippen LogP contribution < -0.4 is 11.3 Å². The van der Waals surface area contributed by atoms with Gasteiger partial charge in [-0.3, -0.25) is 11.3 Å². The van der Waals surface area contributed by atoms with Gasteiger partial charge in [-0.2, -0.15) is 11.8 Å². The number of nitrogens with one attached hydrogen (secondary N) is 1. The number of hydrogen-bond donors (Lipinski definition) is 2. The number of hydrazine groups is 1. The van der Waals surface area contributed by atoms with Crippen molar-refractivity contribution in [2.45, 2.75) is 37.0 Å². The van der Waals surface area contributed by atoms with Crippen molar-refractivity contribution in [1.82, 2.24) is 5.43 Å². The van der Waals surface area contributed by atoms with E-state index in [4.69, 9.17) is 5.84 Å². The molecular weight excluding hydrogens is 235 g/mol. The van der Waals surface area contributed by atoms with Crippen LogP contribution >= 0.6 is 11.8 Å². The maximum Gasteiger partial charge on any atom is 0.123 e. The number of benzene rings is 1. The molecule has 2 nitrogen and oxygen atoms in total. The van der Waals surface area contributed by atoms with Gasteiger partial charge in [-0.1, -0.05) is 18.6 Å². The van der Waals surface area contributed by atoms with Gasteiger partial charge in [0.1, 0.15) is 5.82 Å². The summed E-state index contributed by atoms with van der Waals surface area (Å²) in [7, 11) is 0. The molecule has 4 heteroatoms. The lowest BCUT2D eigenvalue weighted by molar-refractivity contribution is 0.471. The van der Waals surface area contributed by atoms with Crippen molar-refractivity contribution in [1.29, 1.82) is 0 Å². The fourth-order valence-electron chi connectivity index (χ4n) is 2.26. The summed E-state index contributed by atoms with van der Waals surface area (Å²) in [5.41, 5.74) is 4.06. The van der Waals surface area contributed by atoms with E-state index in [1.807, 2.05) is 23.9 Å². The molecule has 1 heterocycles. The van der Waals surface area contributed by atoms with Crippen LogP contribution in [-0.2, 0) is 6.42 Å². The Kier molecular flexibility index (Phi) is 4.83. The summed E-state index contributed by atoms with van der Waals surface area (Å²) in [5, 5.41) is 0.582. The molecule has 2 atom stereocenters. The van der Waals surface area contributed by atoms with Crippen LogP contribution in [0.3, 0.4) is 0 Å². The Morgan fingerprint density at radius 2 is 2.12 bits per heavy atom. The van der Waals surface area contributed by atoms with Gasteiger partial charge in [0.2, 0.25) is 0 Å². The van der Waals surface area contributed by atoms with Gasteiger partial charge >= 0.3 is 0 Å². The van der Waals surface area contributed by atoms with Crippen LogP contribution in [0.2, 0.25) is 0 Å². The highest BCUT2D eigenvalue weighted by Crippen LogP contribution is 2.28. The van der Waals surface area contributed by atoms with Crippen molar-refractivity contribution in [2.24, 2.45) is 5.84 Å². The van der Waals surface area contributed by atoms with Crippen LogP contribution in [0.4, 0.5) is 4.39 Å². The lowest BCUT2D eigenvalue weighted by Gasteiger charge is -2.29. The first-order valence-electron chi connectivity index (χ1n) is 6.12. The van der Waals surface area contributed by atoms with E-state index in [0.29, 0.717) is 5.25 Å². The molecule has 0 radical (unpaired) electrons. The zero-order valence-electron chi connectivity index (χ0n) is 9.86. The molecule has 17 heavy (non-hydrogen) atoms. The third kappa shape index (κ3) is 3.69. The predicted octanol–water partition coefficient (Wildman–Crippen LogP) is 2.49. The second-order valence-electron chi connectivity index (χ2n) is 4.51. The molecule has 0 aliphatic carbocycles. The topological polar surface area (TPSA) is 38.0 Å². The van der Waals surface area contributed by atoms with Crippen LogP contribution in [0, 0.1) is 5.82 Å². The molecule has 1 saturated heterocycles. The fourth-order valence-corrected chi connectivity index (χ4v) is 3.67. The quantitative estimate of drug-likeness (QED) is 0.640. The average Bonchev–Trinajstić information content (AvgIpc) is 2.39. The van der Waals surface area contributed by atoms with E-state index < -0.39 is 0 Å². The largest absolute Gasteiger partial charge is 0.271 e. The van der Waals surface area contributed by atoms with E-state index >= 15 is 0 Å². The highest BCUT2D eigenvalue weighted by molar-refractivity contribution is 8.00. The van der Waals surface area contributed by atoms with Crippen LogP contribution in [0.1, 0.15) is 24.8 Å². The molecule has 1 aromatic carbocycles. The molecule has 1 aliphatic rings. The summed E-state index contributed by atoms with van der Waals surface area (Å²) in [6.07, 6.45) is 4.70. The van der Waals surface area contributed by atoms with Gasteiger partial charge < -0.3 is 0 Å². The van der Waals surface area contributed by atoms with Gasteiger partial charge in [0, 0.05) is 11.3 Å². The molecule has 0 bridgehead atoms. The number of thioether (sulfide) groups is 1. The number of hydrogen-bond acceptors (Lipinski definition) is 3. The first-order valence-corrected chi connectivity index (χ1v) is 7.16. The molecule has 2 unspecified atom stereocenters. The smallest absolute Gasteiger partial charge is 0.123 e. The first kappa shape index (κ1) is 12.9. The van der Waals surface area contributed by atoms with Crippen molar-refractivity contribution in [3.8, 4) is 0 Å². The third-order valence-electron chi connectivity index (χ3n) is 3.25. The molecule has 0 saturated carbocycles. The van der Waals surface area contributed by atoms with Crippen LogP contribution in [0.5, 0.6) is 0 Å². The monoisotopic (exact) mass is 254 g/mol. The van der Waals surface area contributed by atoms with E-state index in [-0.39, 0.29) is 11.9 Å². The lowest BCUT2D eigenvalue weighted by Crippen LogP contribution is -2.45. The van der Waals surface area contributed by atoms with Crippen molar-refractivity contribution in [3.05, 3.63) is 35.6 Å². The summed E-state index contributed by atoms with van der Waals surface area (Å²) in [6.45, 7) is 0. The summed E-state index contributed by atoms with van der Waals surface area (Å²) in [6, 6.07) is 6.99. The minimum Gasteiger partial charge on any atom is -0.271 e. The van der Waals surface area contributed by atoms with Gasteiger partial charge in [-0.15, -0.1) is 0 Å². The molecular formula is C13H19FN2S. The molecule has 0 aromatic heterocycles. The Balaban J connectivity index is 1.96. The zero-order chi connectivity index (χ0) is 12.1. The molecule has 94 valence electrons. The second-order valence-corrected chi connectivity index (χ2v) is 5.86. The molecule has 2 rings (SSSR count). The van der Waals surface area contributed by atoms with Gasteiger partial charge in [0.05, 0.1) is 0 Å². The summed E-state index contributed by atoms with van der Waals surface area (Å²) in [5.74, 6) is 6.69. The van der Waals surface area contributed by atoms with Crippen molar-refractivity contribution < 1.29 is 4.39 Å². The highest BCUT2D eigenvalue weighted by atomic mass is 32.2. The van der Waals surface area contributed by atoms with Crippen LogP contribution in [0.25, 0.3) is 0 Å². The van der Waals surface area contributed by atoms with Gasteiger partial charge in [-0.25, -0.2) is 4.39 Å². The Bertz CT molecular complexity index is 336. The summed E-state index contributed by atoms with van der Waals surface area (Å²) < 4.78 is 12.8. The fraction of sp³-hybridized carbons (Fsp3) is 0.538. The molecule has 3 N–H and O–H groups in total. The van der Waals surface area contributed by atoms with Crippen LogP contribution in [0.15, 0.2) is 24.3 Å².